The number of esters is 2. The molecule has 2 rings (SSSR count). The smallest absolute Gasteiger partial charge is 0.344 e. The van der Waals surface area contributed by atoms with E-state index in [9.17, 15) is 14.4 Å². The zero-order valence-corrected chi connectivity index (χ0v) is 14.6. The van der Waals surface area contributed by atoms with Gasteiger partial charge in [-0.15, -0.1) is 0 Å². The summed E-state index contributed by atoms with van der Waals surface area (Å²) in [6.45, 7) is -0.889. The number of ether oxygens (including phenoxy) is 3. The molecule has 0 aromatic heterocycles. The van der Waals surface area contributed by atoms with Crippen LogP contribution in [0.5, 0.6) is 5.75 Å². The van der Waals surface area contributed by atoms with Gasteiger partial charge in [-0.2, -0.15) is 0 Å². The van der Waals surface area contributed by atoms with E-state index < -0.39 is 24.5 Å². The number of anilines is 1. The van der Waals surface area contributed by atoms with Crippen molar-refractivity contribution in [3.63, 3.8) is 0 Å². The summed E-state index contributed by atoms with van der Waals surface area (Å²) < 4.78 is 14.7. The minimum atomic E-state index is -0.721. The van der Waals surface area contributed by atoms with Crippen molar-refractivity contribution in [3.8, 4) is 5.75 Å². The lowest BCUT2D eigenvalue weighted by molar-refractivity contribution is -0.149. The zero-order valence-electron chi connectivity index (χ0n) is 13.9. The zero-order chi connectivity index (χ0) is 18.9. The minimum Gasteiger partial charge on any atom is -0.482 e. The van der Waals surface area contributed by atoms with Crippen LogP contribution in [0.1, 0.15) is 10.4 Å². The molecule has 1 N–H and O–H groups in total. The first kappa shape index (κ1) is 19.3. The Labute approximate surface area is 154 Å². The second-order valence-corrected chi connectivity index (χ2v) is 5.43. The van der Waals surface area contributed by atoms with Crippen LogP contribution in [0.2, 0.25) is 5.02 Å². The number of amides is 1. The first-order chi connectivity index (χ1) is 12.5. The molecule has 0 fully saturated rings. The van der Waals surface area contributed by atoms with E-state index in [1.807, 2.05) is 0 Å². The summed E-state index contributed by atoms with van der Waals surface area (Å²) in [4.78, 5) is 35.2. The third-order valence-electron chi connectivity index (χ3n) is 3.12. The highest BCUT2D eigenvalue weighted by atomic mass is 35.5. The Morgan fingerprint density at radius 2 is 1.81 bits per heavy atom. The highest BCUT2D eigenvalue weighted by molar-refractivity contribution is 6.30. The van der Waals surface area contributed by atoms with Crippen molar-refractivity contribution < 1.29 is 28.6 Å². The normalized spacial score (nSPS) is 9.92. The van der Waals surface area contributed by atoms with Crippen LogP contribution in [0.3, 0.4) is 0 Å². The fourth-order valence-corrected chi connectivity index (χ4v) is 2.13. The molecular weight excluding hydrogens is 362 g/mol. The standard InChI is InChI=1S/C18H16ClNO6/c1-24-18(23)14-7-2-3-8-15(14)20-16(21)10-26-17(22)11-25-13-6-4-5-12(19)9-13/h2-9H,10-11H2,1H3,(H,20,21). The molecule has 0 heterocycles. The molecule has 26 heavy (non-hydrogen) atoms. The molecule has 0 atom stereocenters. The van der Waals surface area contributed by atoms with E-state index in [1.165, 1.54) is 19.2 Å². The molecule has 0 aliphatic carbocycles. The van der Waals surface area contributed by atoms with Crippen LogP contribution in [-0.2, 0) is 19.1 Å². The third kappa shape index (κ3) is 5.78. The SMILES string of the molecule is COC(=O)c1ccccc1NC(=O)COC(=O)COc1cccc(Cl)c1. The Hall–Kier alpha value is -3.06. The van der Waals surface area contributed by atoms with Crippen LogP contribution < -0.4 is 10.1 Å². The maximum absolute atomic E-state index is 11.9. The Morgan fingerprint density at radius 3 is 2.54 bits per heavy atom. The fourth-order valence-electron chi connectivity index (χ4n) is 1.95. The van der Waals surface area contributed by atoms with E-state index in [1.54, 1.807) is 36.4 Å². The molecule has 7 nitrogen and oxygen atoms in total. The Balaban J connectivity index is 1.81. The highest BCUT2D eigenvalue weighted by Gasteiger charge is 2.14. The van der Waals surface area contributed by atoms with Crippen LogP contribution in [0.4, 0.5) is 5.69 Å². The lowest BCUT2D eigenvalue weighted by atomic mass is 10.2. The second-order valence-electron chi connectivity index (χ2n) is 4.99. The number of halogens is 1. The summed E-state index contributed by atoms with van der Waals surface area (Å²) in [6.07, 6.45) is 0. The maximum Gasteiger partial charge on any atom is 0.344 e. The Morgan fingerprint density at radius 1 is 1.04 bits per heavy atom. The minimum absolute atomic E-state index is 0.193. The van der Waals surface area contributed by atoms with Gasteiger partial charge in [0.25, 0.3) is 5.91 Å². The summed E-state index contributed by atoms with van der Waals surface area (Å²) >= 11 is 5.80. The van der Waals surface area contributed by atoms with Crippen molar-refractivity contribution in [1.82, 2.24) is 0 Å². The second kappa shape index (κ2) is 9.43. The van der Waals surface area contributed by atoms with Gasteiger partial charge in [-0.25, -0.2) is 9.59 Å². The van der Waals surface area contributed by atoms with Crippen molar-refractivity contribution >= 4 is 35.1 Å². The molecule has 0 spiro atoms. The maximum atomic E-state index is 11.9. The predicted molar refractivity (Wildman–Crippen MR) is 94.3 cm³/mol. The number of nitrogens with one attached hydrogen (secondary N) is 1. The lowest BCUT2D eigenvalue weighted by Gasteiger charge is -2.10. The number of methoxy groups -OCH3 is 1. The summed E-state index contributed by atoms with van der Waals surface area (Å²) in [5.41, 5.74) is 0.453. The summed E-state index contributed by atoms with van der Waals surface area (Å²) in [7, 11) is 1.24. The number of hydrogen-bond acceptors (Lipinski definition) is 6. The van der Waals surface area contributed by atoms with Gasteiger partial charge in [0.05, 0.1) is 18.4 Å². The van der Waals surface area contributed by atoms with Crippen molar-refractivity contribution in [2.24, 2.45) is 0 Å². The average Bonchev–Trinajstić information content (AvgIpc) is 2.64. The van der Waals surface area contributed by atoms with Gasteiger partial charge in [0.2, 0.25) is 0 Å². The van der Waals surface area contributed by atoms with Gasteiger partial charge in [-0.1, -0.05) is 29.8 Å². The first-order valence-electron chi connectivity index (χ1n) is 7.51. The highest BCUT2D eigenvalue weighted by Crippen LogP contribution is 2.17. The van der Waals surface area contributed by atoms with Gasteiger partial charge in [0.15, 0.2) is 13.2 Å². The van der Waals surface area contributed by atoms with E-state index >= 15 is 0 Å². The number of carbonyl (C=O) groups is 3. The first-order valence-corrected chi connectivity index (χ1v) is 7.88. The van der Waals surface area contributed by atoms with Crippen molar-refractivity contribution in [1.29, 1.82) is 0 Å². The fraction of sp³-hybridized carbons (Fsp3) is 0.167. The van der Waals surface area contributed by atoms with Gasteiger partial charge >= 0.3 is 11.9 Å². The van der Waals surface area contributed by atoms with Gasteiger partial charge in [0.1, 0.15) is 5.75 Å². The molecule has 0 radical (unpaired) electrons. The summed E-state index contributed by atoms with van der Waals surface area (Å²) in [6, 6.07) is 12.8. The van der Waals surface area contributed by atoms with Crippen LogP contribution >= 0.6 is 11.6 Å². The lowest BCUT2D eigenvalue weighted by Crippen LogP contribution is -2.24. The van der Waals surface area contributed by atoms with E-state index in [4.69, 9.17) is 21.1 Å². The van der Waals surface area contributed by atoms with E-state index in [-0.39, 0.29) is 17.9 Å². The molecule has 1 amide bonds. The molecule has 2 aromatic rings. The Bertz CT molecular complexity index is 808. The number of benzene rings is 2. The molecule has 0 unspecified atom stereocenters. The topological polar surface area (TPSA) is 90.9 Å². The van der Waals surface area contributed by atoms with Crippen LogP contribution in [-0.4, -0.2) is 38.2 Å². The molecular formula is C18H16ClNO6. The quantitative estimate of drug-likeness (QED) is 0.746. The monoisotopic (exact) mass is 377 g/mol. The number of rotatable bonds is 7. The molecule has 136 valence electrons. The van der Waals surface area contributed by atoms with Gasteiger partial charge in [0, 0.05) is 5.02 Å². The molecule has 0 saturated carbocycles. The largest absolute Gasteiger partial charge is 0.482 e. The van der Waals surface area contributed by atoms with Crippen LogP contribution in [0, 0.1) is 0 Å². The number of carbonyl (C=O) groups excluding carboxylic acids is 3. The molecule has 0 aliphatic heterocycles. The molecule has 0 saturated heterocycles. The van der Waals surface area contributed by atoms with E-state index in [0.29, 0.717) is 10.8 Å². The molecule has 0 bridgehead atoms. The van der Waals surface area contributed by atoms with Crippen molar-refractivity contribution in [2.75, 3.05) is 25.6 Å². The van der Waals surface area contributed by atoms with Gasteiger partial charge < -0.3 is 19.5 Å². The van der Waals surface area contributed by atoms with Crippen LogP contribution in [0.25, 0.3) is 0 Å². The van der Waals surface area contributed by atoms with E-state index in [0.717, 1.165) is 0 Å². The Kier molecular flexibility index (Phi) is 6.99. The number of para-hydroxylation sites is 1. The van der Waals surface area contributed by atoms with Crippen molar-refractivity contribution in [3.05, 3.63) is 59.1 Å². The number of hydrogen-bond donors (Lipinski definition) is 1. The molecule has 0 aliphatic rings. The average molecular weight is 378 g/mol. The van der Waals surface area contributed by atoms with Crippen LogP contribution in [0.15, 0.2) is 48.5 Å². The predicted octanol–water partition coefficient (Wildman–Crippen LogP) is 2.69. The molecule has 2 aromatic carbocycles. The van der Waals surface area contributed by atoms with E-state index in [2.05, 4.69) is 10.1 Å². The molecule has 8 heteroatoms. The van der Waals surface area contributed by atoms with Crippen molar-refractivity contribution in [2.45, 2.75) is 0 Å². The summed E-state index contributed by atoms with van der Waals surface area (Å²) in [5.74, 6) is -1.50. The summed E-state index contributed by atoms with van der Waals surface area (Å²) in [5, 5.41) is 2.96. The third-order valence-corrected chi connectivity index (χ3v) is 3.36. The van der Waals surface area contributed by atoms with Gasteiger partial charge in [-0.3, -0.25) is 4.79 Å². The van der Waals surface area contributed by atoms with Gasteiger partial charge in [-0.05, 0) is 30.3 Å².